The summed E-state index contributed by atoms with van der Waals surface area (Å²) in [7, 11) is 0. The Bertz CT molecular complexity index is 550. The zero-order valence-electron chi connectivity index (χ0n) is 8.90. The Morgan fingerprint density at radius 2 is 2.24 bits per heavy atom. The van der Waals surface area contributed by atoms with E-state index in [9.17, 15) is 4.39 Å². The Morgan fingerprint density at radius 1 is 1.41 bits per heavy atom. The minimum Gasteiger partial charge on any atom is -0.312 e. The molecule has 3 rings (SSSR count). The Kier molecular flexibility index (Phi) is 2.68. The van der Waals surface area contributed by atoms with Crippen molar-refractivity contribution in [2.75, 3.05) is 13.1 Å². The zero-order chi connectivity index (χ0) is 11.8. The van der Waals surface area contributed by atoms with Gasteiger partial charge in [-0.1, -0.05) is 21.1 Å². The van der Waals surface area contributed by atoms with Gasteiger partial charge in [0.1, 0.15) is 11.5 Å². The highest BCUT2D eigenvalue weighted by molar-refractivity contribution is 9.10. The van der Waals surface area contributed by atoms with Crippen LogP contribution < -0.4 is 5.32 Å². The van der Waals surface area contributed by atoms with Crippen LogP contribution in [0.4, 0.5) is 4.39 Å². The molecule has 1 aliphatic rings. The minimum atomic E-state index is -0.285. The molecule has 0 bridgehead atoms. The first-order valence-corrected chi connectivity index (χ1v) is 6.11. The topological polar surface area (TPSA) is 42.7 Å². The van der Waals surface area contributed by atoms with Crippen molar-refractivity contribution in [3.63, 3.8) is 0 Å². The normalized spacial score (nSPS) is 15.9. The molecule has 4 nitrogen and oxygen atoms in total. The summed E-state index contributed by atoms with van der Waals surface area (Å²) >= 11 is 3.32. The number of benzene rings is 1. The summed E-state index contributed by atoms with van der Waals surface area (Å²) in [6.07, 6.45) is 1.79. The zero-order valence-corrected chi connectivity index (χ0v) is 10.5. The van der Waals surface area contributed by atoms with E-state index < -0.39 is 0 Å². The fraction of sp³-hybridized carbons (Fsp3) is 0.273. The lowest BCUT2D eigenvalue weighted by Crippen LogP contribution is -2.43. The van der Waals surface area contributed by atoms with Crippen LogP contribution in [0, 0.1) is 5.82 Å². The third-order valence-corrected chi connectivity index (χ3v) is 3.34. The summed E-state index contributed by atoms with van der Waals surface area (Å²) in [5.74, 6) is -0.285. The molecule has 2 heterocycles. The highest BCUT2D eigenvalue weighted by Gasteiger charge is 2.20. The van der Waals surface area contributed by atoms with Crippen LogP contribution in [0.1, 0.15) is 6.04 Å². The highest BCUT2D eigenvalue weighted by atomic mass is 79.9. The summed E-state index contributed by atoms with van der Waals surface area (Å²) in [6.45, 7) is 1.79. The second-order valence-corrected chi connectivity index (χ2v) is 4.94. The van der Waals surface area contributed by atoms with Crippen molar-refractivity contribution < 1.29 is 4.39 Å². The molecule has 1 aromatic carbocycles. The third-order valence-electron chi connectivity index (χ3n) is 2.85. The van der Waals surface area contributed by atoms with Gasteiger partial charge in [-0.2, -0.15) is 0 Å². The van der Waals surface area contributed by atoms with Gasteiger partial charge in [0.15, 0.2) is 0 Å². The monoisotopic (exact) mass is 296 g/mol. The quantitative estimate of drug-likeness (QED) is 0.922. The summed E-state index contributed by atoms with van der Waals surface area (Å²) in [6, 6.07) is 5.14. The Hall–Kier alpha value is -1.27. The predicted octanol–water partition coefficient (Wildman–Crippen LogP) is 1.99. The molecule has 2 aromatic rings. The number of hydrogen-bond donors (Lipinski definition) is 1. The molecule has 0 amide bonds. The van der Waals surface area contributed by atoms with E-state index in [2.05, 4.69) is 31.6 Å². The van der Waals surface area contributed by atoms with Crippen molar-refractivity contribution in [3.05, 3.63) is 34.7 Å². The van der Waals surface area contributed by atoms with Gasteiger partial charge in [0.05, 0.1) is 12.2 Å². The van der Waals surface area contributed by atoms with E-state index in [1.54, 1.807) is 23.0 Å². The molecule has 0 radical (unpaired) electrons. The first-order chi connectivity index (χ1) is 8.24. The molecule has 0 atom stereocenters. The maximum atomic E-state index is 13.7. The molecule has 17 heavy (non-hydrogen) atoms. The summed E-state index contributed by atoms with van der Waals surface area (Å²) < 4.78 is 16.3. The van der Waals surface area contributed by atoms with Gasteiger partial charge < -0.3 is 5.32 Å². The second-order valence-electron chi connectivity index (χ2n) is 4.02. The number of aromatic nitrogens is 3. The second kappa shape index (κ2) is 4.19. The number of nitrogens with zero attached hydrogens (tertiary/aromatic N) is 3. The number of halogens is 2. The number of hydrogen-bond acceptors (Lipinski definition) is 3. The van der Waals surface area contributed by atoms with E-state index in [0.717, 1.165) is 17.6 Å². The van der Waals surface area contributed by atoms with Crippen LogP contribution in [0.3, 0.4) is 0 Å². The molecule has 88 valence electrons. The lowest BCUT2D eigenvalue weighted by molar-refractivity contribution is 0.313. The smallest absolute Gasteiger partial charge is 0.132 e. The van der Waals surface area contributed by atoms with Crippen molar-refractivity contribution in [3.8, 4) is 11.3 Å². The molecular formula is C11H10BrFN4. The lowest BCUT2D eigenvalue weighted by Gasteiger charge is -2.26. The lowest BCUT2D eigenvalue weighted by atomic mass is 10.1. The number of nitrogens with one attached hydrogen (secondary N) is 1. The van der Waals surface area contributed by atoms with Crippen LogP contribution in [0.15, 0.2) is 28.9 Å². The van der Waals surface area contributed by atoms with Crippen molar-refractivity contribution in [1.29, 1.82) is 0 Å². The first-order valence-electron chi connectivity index (χ1n) is 5.32. The van der Waals surface area contributed by atoms with Gasteiger partial charge in [0.2, 0.25) is 0 Å². The van der Waals surface area contributed by atoms with Gasteiger partial charge >= 0.3 is 0 Å². The Labute approximate surface area is 106 Å². The standard InChI is InChI=1S/C11H10BrFN4/c12-7-1-2-10(13)9(3-7)11-6-17(16-15-11)8-4-14-5-8/h1-3,6,8,14H,4-5H2. The van der Waals surface area contributed by atoms with E-state index >= 15 is 0 Å². The minimum absolute atomic E-state index is 0.285. The third kappa shape index (κ3) is 1.98. The van der Waals surface area contributed by atoms with Gasteiger partial charge in [-0.05, 0) is 18.2 Å². The molecule has 1 aliphatic heterocycles. The van der Waals surface area contributed by atoms with Crippen molar-refractivity contribution >= 4 is 15.9 Å². The van der Waals surface area contributed by atoms with Crippen LogP contribution in [0.2, 0.25) is 0 Å². The molecule has 1 saturated heterocycles. The summed E-state index contributed by atoms with van der Waals surface area (Å²) in [5.41, 5.74) is 1.04. The largest absolute Gasteiger partial charge is 0.312 e. The highest BCUT2D eigenvalue weighted by Crippen LogP contribution is 2.25. The van der Waals surface area contributed by atoms with Gasteiger partial charge in [0, 0.05) is 23.1 Å². The fourth-order valence-corrected chi connectivity index (χ4v) is 2.09. The molecule has 0 unspecified atom stereocenters. The molecule has 0 aliphatic carbocycles. The maximum absolute atomic E-state index is 13.7. The van der Waals surface area contributed by atoms with Crippen LogP contribution >= 0.6 is 15.9 Å². The SMILES string of the molecule is Fc1ccc(Br)cc1-c1cn(C2CNC2)nn1. The van der Waals surface area contributed by atoms with E-state index in [0.29, 0.717) is 17.3 Å². The van der Waals surface area contributed by atoms with Crippen LogP contribution in [-0.4, -0.2) is 28.1 Å². The van der Waals surface area contributed by atoms with Crippen molar-refractivity contribution in [2.24, 2.45) is 0 Å². The average molecular weight is 297 g/mol. The summed E-state index contributed by atoms with van der Waals surface area (Å²) in [5, 5.41) is 11.2. The van der Waals surface area contributed by atoms with Gasteiger partial charge in [-0.3, -0.25) is 0 Å². The van der Waals surface area contributed by atoms with Crippen LogP contribution in [0.5, 0.6) is 0 Å². The Morgan fingerprint density at radius 3 is 2.94 bits per heavy atom. The molecule has 0 spiro atoms. The van der Waals surface area contributed by atoms with E-state index in [4.69, 9.17) is 0 Å². The van der Waals surface area contributed by atoms with Gasteiger partial charge in [-0.25, -0.2) is 9.07 Å². The Balaban J connectivity index is 1.97. The number of rotatable bonds is 2. The molecule has 6 heteroatoms. The van der Waals surface area contributed by atoms with E-state index in [1.165, 1.54) is 6.07 Å². The maximum Gasteiger partial charge on any atom is 0.132 e. The first kappa shape index (κ1) is 10.9. The van der Waals surface area contributed by atoms with E-state index in [1.807, 2.05) is 0 Å². The van der Waals surface area contributed by atoms with Gasteiger partial charge in [0.25, 0.3) is 0 Å². The molecule has 1 fully saturated rings. The van der Waals surface area contributed by atoms with Crippen molar-refractivity contribution in [1.82, 2.24) is 20.3 Å². The van der Waals surface area contributed by atoms with E-state index in [-0.39, 0.29) is 5.82 Å². The molecular weight excluding hydrogens is 287 g/mol. The molecule has 1 aromatic heterocycles. The van der Waals surface area contributed by atoms with Gasteiger partial charge in [-0.15, -0.1) is 5.10 Å². The summed E-state index contributed by atoms with van der Waals surface area (Å²) in [4.78, 5) is 0. The molecule has 0 saturated carbocycles. The van der Waals surface area contributed by atoms with Crippen molar-refractivity contribution in [2.45, 2.75) is 6.04 Å². The predicted molar refractivity (Wildman–Crippen MR) is 65.0 cm³/mol. The molecule has 1 N–H and O–H groups in total. The van der Waals surface area contributed by atoms with Crippen LogP contribution in [0.25, 0.3) is 11.3 Å². The average Bonchev–Trinajstić information content (AvgIpc) is 2.68. The fourth-order valence-electron chi connectivity index (χ4n) is 1.73. The van der Waals surface area contributed by atoms with Crippen LogP contribution in [-0.2, 0) is 0 Å².